The van der Waals surface area contributed by atoms with Crippen molar-refractivity contribution < 1.29 is 9.18 Å². The van der Waals surface area contributed by atoms with Gasteiger partial charge in [0.25, 0.3) is 0 Å². The van der Waals surface area contributed by atoms with E-state index in [1.807, 2.05) is 48.4 Å². The fourth-order valence-electron chi connectivity index (χ4n) is 5.01. The number of aromatic nitrogens is 2. The summed E-state index contributed by atoms with van der Waals surface area (Å²) in [6.45, 7) is 7.10. The number of anilines is 1. The monoisotopic (exact) mass is 456 g/mol. The number of carbonyl (C=O) groups excluding carboxylic acids is 1. The van der Waals surface area contributed by atoms with Crippen LogP contribution < -0.4 is 4.90 Å². The molecule has 1 unspecified atom stereocenters. The second-order valence-electron chi connectivity index (χ2n) is 9.01. The Kier molecular flexibility index (Phi) is 6.05. The summed E-state index contributed by atoms with van der Waals surface area (Å²) in [5, 5.41) is 0. The molecule has 0 spiro atoms. The van der Waals surface area contributed by atoms with Gasteiger partial charge in [-0.1, -0.05) is 36.4 Å². The summed E-state index contributed by atoms with van der Waals surface area (Å²) in [4.78, 5) is 22.3. The van der Waals surface area contributed by atoms with Crippen molar-refractivity contribution >= 4 is 17.2 Å². The van der Waals surface area contributed by atoms with Crippen LogP contribution in [-0.2, 0) is 4.79 Å². The Morgan fingerprint density at radius 3 is 2.50 bits per heavy atom. The zero-order chi connectivity index (χ0) is 23.7. The Labute approximate surface area is 199 Å². The normalized spacial score (nSPS) is 15.0. The predicted molar refractivity (Wildman–Crippen MR) is 133 cm³/mol. The number of amides is 1. The largest absolute Gasteiger partial charge is 0.368 e. The van der Waals surface area contributed by atoms with Gasteiger partial charge < -0.3 is 14.2 Å². The van der Waals surface area contributed by atoms with Crippen LogP contribution in [-0.4, -0.2) is 46.4 Å². The standard InChI is InChI=1S/C28H29FN4O/c1-20-7-3-4-11-25(20)31-13-15-32(16-14-31)28(34)18-24(22-9-6-10-23(29)17-22)26-19-30-27-12-5-8-21(2)33(26)27/h3-12,17,19,24H,13-16,18H2,1-2H3. The maximum absolute atomic E-state index is 14.2. The second-order valence-corrected chi connectivity index (χ2v) is 9.01. The number of carbonyl (C=O) groups is 1. The number of fused-ring (bicyclic) bond motifs is 1. The highest BCUT2D eigenvalue weighted by molar-refractivity contribution is 5.78. The van der Waals surface area contributed by atoms with E-state index in [1.165, 1.54) is 23.4 Å². The highest BCUT2D eigenvalue weighted by Crippen LogP contribution is 2.31. The number of nitrogens with zero attached hydrogens (tertiary/aromatic N) is 4. The van der Waals surface area contributed by atoms with Crippen molar-refractivity contribution in [2.24, 2.45) is 0 Å². The van der Waals surface area contributed by atoms with Crippen LogP contribution in [0.3, 0.4) is 0 Å². The molecule has 1 aliphatic rings. The van der Waals surface area contributed by atoms with Gasteiger partial charge in [-0.25, -0.2) is 9.37 Å². The number of hydrogen-bond donors (Lipinski definition) is 0. The molecular formula is C28H29FN4O. The summed E-state index contributed by atoms with van der Waals surface area (Å²) >= 11 is 0. The van der Waals surface area contributed by atoms with E-state index >= 15 is 0 Å². The average molecular weight is 457 g/mol. The fraction of sp³-hybridized carbons (Fsp3) is 0.286. The molecule has 1 saturated heterocycles. The van der Waals surface area contributed by atoms with Gasteiger partial charge in [-0.05, 0) is 55.3 Å². The van der Waals surface area contributed by atoms with Gasteiger partial charge in [0.2, 0.25) is 5.91 Å². The van der Waals surface area contributed by atoms with Crippen LogP contribution >= 0.6 is 0 Å². The molecule has 1 amide bonds. The van der Waals surface area contributed by atoms with Gasteiger partial charge >= 0.3 is 0 Å². The van der Waals surface area contributed by atoms with E-state index < -0.39 is 0 Å². The number of rotatable bonds is 5. The molecule has 2 aromatic carbocycles. The van der Waals surface area contributed by atoms with Crippen molar-refractivity contribution in [3.63, 3.8) is 0 Å². The highest BCUT2D eigenvalue weighted by atomic mass is 19.1. The smallest absolute Gasteiger partial charge is 0.223 e. The van der Waals surface area contributed by atoms with Crippen LogP contribution in [0, 0.1) is 19.7 Å². The molecule has 174 valence electrons. The molecule has 5 rings (SSSR count). The minimum absolute atomic E-state index is 0.0854. The van der Waals surface area contributed by atoms with Crippen LogP contribution in [0.2, 0.25) is 0 Å². The van der Waals surface area contributed by atoms with Crippen molar-refractivity contribution in [1.29, 1.82) is 0 Å². The summed E-state index contributed by atoms with van der Waals surface area (Å²) in [6, 6.07) is 20.9. The number of pyridine rings is 1. The Bertz CT molecular complexity index is 1320. The highest BCUT2D eigenvalue weighted by Gasteiger charge is 2.28. The number of piperazine rings is 1. The summed E-state index contributed by atoms with van der Waals surface area (Å²) in [7, 11) is 0. The molecule has 1 aliphatic heterocycles. The molecule has 0 bridgehead atoms. The van der Waals surface area contributed by atoms with Crippen LogP contribution in [0.4, 0.5) is 10.1 Å². The Balaban J connectivity index is 1.39. The zero-order valence-corrected chi connectivity index (χ0v) is 19.6. The molecule has 1 atom stereocenters. The first-order valence-corrected chi connectivity index (χ1v) is 11.8. The van der Waals surface area contributed by atoms with Gasteiger partial charge in [0.15, 0.2) is 0 Å². The topological polar surface area (TPSA) is 40.8 Å². The van der Waals surface area contributed by atoms with Crippen LogP contribution in [0.5, 0.6) is 0 Å². The van der Waals surface area contributed by atoms with E-state index in [1.54, 1.807) is 6.07 Å². The van der Waals surface area contributed by atoms with Crippen molar-refractivity contribution in [2.75, 3.05) is 31.1 Å². The third-order valence-corrected chi connectivity index (χ3v) is 6.83. The van der Waals surface area contributed by atoms with E-state index in [0.29, 0.717) is 13.1 Å². The SMILES string of the molecule is Cc1ccccc1N1CCN(C(=O)CC(c2cccc(F)c2)c2cnc3cccc(C)n23)CC1. The summed E-state index contributed by atoms with van der Waals surface area (Å²) in [6.07, 6.45) is 2.09. The molecule has 0 radical (unpaired) electrons. The van der Waals surface area contributed by atoms with Gasteiger partial charge in [0.05, 0.1) is 5.69 Å². The first-order valence-electron chi connectivity index (χ1n) is 11.8. The lowest BCUT2D eigenvalue weighted by Gasteiger charge is -2.37. The number of benzene rings is 2. The van der Waals surface area contributed by atoms with Gasteiger partial charge in [0, 0.05) is 56.1 Å². The third-order valence-electron chi connectivity index (χ3n) is 6.83. The van der Waals surface area contributed by atoms with Crippen molar-refractivity contribution in [1.82, 2.24) is 14.3 Å². The maximum Gasteiger partial charge on any atom is 0.223 e. The van der Waals surface area contributed by atoms with E-state index in [4.69, 9.17) is 0 Å². The number of halogens is 1. The van der Waals surface area contributed by atoms with Gasteiger partial charge in [-0.15, -0.1) is 0 Å². The summed E-state index contributed by atoms with van der Waals surface area (Å²) < 4.78 is 16.2. The maximum atomic E-state index is 14.2. The Morgan fingerprint density at radius 2 is 1.74 bits per heavy atom. The van der Waals surface area contributed by atoms with Crippen LogP contribution in [0.25, 0.3) is 5.65 Å². The summed E-state index contributed by atoms with van der Waals surface area (Å²) in [5.41, 5.74) is 6.04. The zero-order valence-electron chi connectivity index (χ0n) is 19.6. The quantitative estimate of drug-likeness (QED) is 0.426. The van der Waals surface area contributed by atoms with Crippen LogP contribution in [0.15, 0.2) is 72.9 Å². The lowest BCUT2D eigenvalue weighted by Crippen LogP contribution is -2.49. The van der Waals surface area contributed by atoms with E-state index in [9.17, 15) is 9.18 Å². The van der Waals surface area contributed by atoms with Crippen molar-refractivity contribution in [3.8, 4) is 0 Å². The van der Waals surface area contributed by atoms with Crippen molar-refractivity contribution in [3.05, 3.63) is 101 Å². The number of hydrogen-bond acceptors (Lipinski definition) is 3. The third kappa shape index (κ3) is 4.28. The fourth-order valence-corrected chi connectivity index (χ4v) is 5.01. The first-order chi connectivity index (χ1) is 16.5. The molecule has 0 N–H and O–H groups in total. The minimum atomic E-state index is -0.299. The number of aryl methyl sites for hydroxylation is 2. The molecule has 6 heteroatoms. The lowest BCUT2D eigenvalue weighted by molar-refractivity contribution is -0.131. The molecule has 1 fully saturated rings. The van der Waals surface area contributed by atoms with Crippen molar-refractivity contribution in [2.45, 2.75) is 26.2 Å². The van der Waals surface area contributed by atoms with Gasteiger partial charge in [-0.2, -0.15) is 0 Å². The van der Waals surface area contributed by atoms with E-state index in [0.717, 1.165) is 35.7 Å². The predicted octanol–water partition coefficient (Wildman–Crippen LogP) is 4.96. The number of imidazole rings is 1. The minimum Gasteiger partial charge on any atom is -0.368 e. The molecule has 5 nitrogen and oxygen atoms in total. The molecule has 2 aromatic heterocycles. The van der Waals surface area contributed by atoms with Gasteiger partial charge in [0.1, 0.15) is 11.5 Å². The van der Waals surface area contributed by atoms with E-state index in [-0.39, 0.29) is 24.1 Å². The van der Waals surface area contributed by atoms with E-state index in [2.05, 4.69) is 39.4 Å². The Morgan fingerprint density at radius 1 is 0.971 bits per heavy atom. The first kappa shape index (κ1) is 22.1. The lowest BCUT2D eigenvalue weighted by atomic mass is 9.91. The summed E-state index contributed by atoms with van der Waals surface area (Å²) in [5.74, 6) is -0.497. The molecule has 3 heterocycles. The molecule has 4 aromatic rings. The number of para-hydroxylation sites is 1. The van der Waals surface area contributed by atoms with Gasteiger partial charge in [-0.3, -0.25) is 4.79 Å². The average Bonchev–Trinajstić information content (AvgIpc) is 3.28. The molecule has 0 saturated carbocycles. The second kappa shape index (κ2) is 9.29. The molecular weight excluding hydrogens is 427 g/mol. The van der Waals surface area contributed by atoms with Crippen LogP contribution in [0.1, 0.15) is 34.9 Å². The Hall–Kier alpha value is -3.67. The molecule has 0 aliphatic carbocycles. The molecule has 34 heavy (non-hydrogen) atoms.